The van der Waals surface area contributed by atoms with Crippen molar-refractivity contribution in [2.45, 2.75) is 32.9 Å². The lowest BCUT2D eigenvalue weighted by molar-refractivity contribution is 0.198. The van der Waals surface area contributed by atoms with E-state index in [4.69, 9.17) is 0 Å². The van der Waals surface area contributed by atoms with Gasteiger partial charge in [0, 0.05) is 25.3 Å². The number of aliphatic hydroxyl groups is 1. The van der Waals surface area contributed by atoms with Crippen molar-refractivity contribution in [2.75, 3.05) is 24.5 Å². The second kappa shape index (κ2) is 6.35. The van der Waals surface area contributed by atoms with Gasteiger partial charge in [-0.2, -0.15) is 0 Å². The molecule has 19 heavy (non-hydrogen) atoms. The first-order chi connectivity index (χ1) is 9.06. The van der Waals surface area contributed by atoms with E-state index in [1.807, 2.05) is 6.07 Å². The number of nitrogens with one attached hydrogen (secondary N) is 1. The van der Waals surface area contributed by atoms with Gasteiger partial charge in [0.25, 0.3) is 0 Å². The third-order valence-electron chi connectivity index (χ3n) is 3.41. The quantitative estimate of drug-likeness (QED) is 0.857. The monoisotopic (exact) mass is 266 g/mol. The molecule has 1 fully saturated rings. The first-order valence-corrected chi connectivity index (χ1v) is 6.98. The topological polar surface area (TPSA) is 35.5 Å². The van der Waals surface area contributed by atoms with E-state index in [0.717, 1.165) is 30.8 Å². The zero-order valence-electron chi connectivity index (χ0n) is 11.7. The summed E-state index contributed by atoms with van der Waals surface area (Å²) in [6, 6.07) is 4.90. The molecule has 106 valence electrons. The SMILES string of the molecule is CC(C)CNCc1cc(F)ccc1N1CCC(O)C1. The van der Waals surface area contributed by atoms with Crippen LogP contribution >= 0.6 is 0 Å². The maximum atomic E-state index is 13.4. The predicted molar refractivity (Wildman–Crippen MR) is 75.8 cm³/mol. The van der Waals surface area contributed by atoms with Crippen LogP contribution in [0.2, 0.25) is 0 Å². The van der Waals surface area contributed by atoms with Crippen LogP contribution in [0.4, 0.5) is 10.1 Å². The molecule has 1 aromatic rings. The van der Waals surface area contributed by atoms with Crippen LogP contribution in [0, 0.1) is 11.7 Å². The number of halogens is 1. The molecule has 1 unspecified atom stereocenters. The number of nitrogens with zero attached hydrogens (tertiary/aromatic N) is 1. The maximum Gasteiger partial charge on any atom is 0.123 e. The Labute approximate surface area is 114 Å². The third kappa shape index (κ3) is 3.91. The van der Waals surface area contributed by atoms with Crippen molar-refractivity contribution in [3.8, 4) is 0 Å². The fourth-order valence-electron chi connectivity index (χ4n) is 2.46. The van der Waals surface area contributed by atoms with E-state index in [2.05, 4.69) is 24.1 Å². The molecule has 2 N–H and O–H groups in total. The van der Waals surface area contributed by atoms with Crippen molar-refractivity contribution in [3.63, 3.8) is 0 Å². The molecule has 3 nitrogen and oxygen atoms in total. The zero-order valence-corrected chi connectivity index (χ0v) is 11.7. The highest BCUT2D eigenvalue weighted by atomic mass is 19.1. The second-order valence-corrected chi connectivity index (χ2v) is 5.69. The number of anilines is 1. The van der Waals surface area contributed by atoms with Gasteiger partial charge in [-0.15, -0.1) is 0 Å². The highest BCUT2D eigenvalue weighted by Gasteiger charge is 2.22. The van der Waals surface area contributed by atoms with Gasteiger partial charge in [0.1, 0.15) is 5.82 Å². The van der Waals surface area contributed by atoms with E-state index in [1.165, 1.54) is 6.07 Å². The fourth-order valence-corrected chi connectivity index (χ4v) is 2.46. The van der Waals surface area contributed by atoms with E-state index in [-0.39, 0.29) is 11.9 Å². The van der Waals surface area contributed by atoms with E-state index in [1.54, 1.807) is 6.07 Å². The van der Waals surface area contributed by atoms with Gasteiger partial charge >= 0.3 is 0 Å². The summed E-state index contributed by atoms with van der Waals surface area (Å²) < 4.78 is 13.4. The molecule has 1 aliphatic rings. The average molecular weight is 266 g/mol. The number of aliphatic hydroxyl groups excluding tert-OH is 1. The van der Waals surface area contributed by atoms with Gasteiger partial charge in [0.05, 0.1) is 6.10 Å². The molecule has 0 bridgehead atoms. The zero-order chi connectivity index (χ0) is 13.8. The second-order valence-electron chi connectivity index (χ2n) is 5.69. The first kappa shape index (κ1) is 14.3. The molecule has 1 atom stereocenters. The highest BCUT2D eigenvalue weighted by Crippen LogP contribution is 2.25. The molecular weight excluding hydrogens is 243 g/mol. The molecule has 4 heteroatoms. The van der Waals surface area contributed by atoms with Gasteiger partial charge in [-0.3, -0.25) is 0 Å². The molecular formula is C15H23FN2O. The molecule has 2 rings (SSSR count). The van der Waals surface area contributed by atoms with Gasteiger partial charge < -0.3 is 15.3 Å². The van der Waals surface area contributed by atoms with Crippen molar-refractivity contribution < 1.29 is 9.50 Å². The van der Waals surface area contributed by atoms with Crippen molar-refractivity contribution in [1.82, 2.24) is 5.32 Å². The standard InChI is InChI=1S/C15H23FN2O/c1-11(2)8-17-9-12-7-13(16)3-4-15(12)18-6-5-14(19)10-18/h3-4,7,11,14,17,19H,5-6,8-10H2,1-2H3. The molecule has 0 saturated carbocycles. The molecule has 1 aliphatic heterocycles. The fraction of sp³-hybridized carbons (Fsp3) is 0.600. The van der Waals surface area contributed by atoms with E-state index in [0.29, 0.717) is 19.0 Å². The number of benzene rings is 1. The first-order valence-electron chi connectivity index (χ1n) is 6.98. The Bertz CT molecular complexity index is 423. The van der Waals surface area contributed by atoms with Crippen molar-refractivity contribution in [3.05, 3.63) is 29.6 Å². The van der Waals surface area contributed by atoms with Crippen LogP contribution in [0.15, 0.2) is 18.2 Å². The molecule has 1 heterocycles. The van der Waals surface area contributed by atoms with Crippen molar-refractivity contribution >= 4 is 5.69 Å². The maximum absolute atomic E-state index is 13.4. The lowest BCUT2D eigenvalue weighted by atomic mass is 10.1. The van der Waals surface area contributed by atoms with Crippen LogP contribution in [0.25, 0.3) is 0 Å². The molecule has 1 aromatic carbocycles. The summed E-state index contributed by atoms with van der Waals surface area (Å²) in [6.45, 7) is 7.36. The summed E-state index contributed by atoms with van der Waals surface area (Å²) in [5, 5.41) is 13.0. The van der Waals surface area contributed by atoms with Gasteiger partial charge in [-0.25, -0.2) is 4.39 Å². The largest absolute Gasteiger partial charge is 0.391 e. The Morgan fingerprint density at radius 1 is 1.47 bits per heavy atom. The van der Waals surface area contributed by atoms with E-state index in [9.17, 15) is 9.50 Å². The lowest BCUT2D eigenvalue weighted by Gasteiger charge is -2.22. The van der Waals surface area contributed by atoms with Crippen LogP contribution in [-0.4, -0.2) is 30.8 Å². The van der Waals surface area contributed by atoms with Crippen LogP contribution in [0.3, 0.4) is 0 Å². The summed E-state index contributed by atoms with van der Waals surface area (Å²) in [5.74, 6) is 0.371. The predicted octanol–water partition coefficient (Wildman–Crippen LogP) is 2.14. The summed E-state index contributed by atoms with van der Waals surface area (Å²) in [7, 11) is 0. The van der Waals surface area contributed by atoms with Crippen LogP contribution in [-0.2, 0) is 6.54 Å². The highest BCUT2D eigenvalue weighted by molar-refractivity contribution is 5.54. The van der Waals surface area contributed by atoms with Gasteiger partial charge in [-0.1, -0.05) is 13.8 Å². The Kier molecular flexibility index (Phi) is 4.77. The molecule has 0 amide bonds. The summed E-state index contributed by atoms with van der Waals surface area (Å²) >= 11 is 0. The molecule has 0 spiro atoms. The Morgan fingerprint density at radius 2 is 2.26 bits per heavy atom. The van der Waals surface area contributed by atoms with Gasteiger partial charge in [0.15, 0.2) is 0 Å². The summed E-state index contributed by atoms with van der Waals surface area (Å²) in [5.41, 5.74) is 2.00. The average Bonchev–Trinajstić information content (AvgIpc) is 2.75. The number of rotatable bonds is 5. The number of hydrogen-bond acceptors (Lipinski definition) is 3. The lowest BCUT2D eigenvalue weighted by Crippen LogP contribution is -2.25. The minimum absolute atomic E-state index is 0.204. The summed E-state index contributed by atoms with van der Waals surface area (Å²) in [6.07, 6.45) is 0.525. The third-order valence-corrected chi connectivity index (χ3v) is 3.41. The van der Waals surface area contributed by atoms with Crippen LogP contribution in [0.1, 0.15) is 25.8 Å². The van der Waals surface area contributed by atoms with Crippen LogP contribution in [0.5, 0.6) is 0 Å². The Balaban J connectivity index is 2.09. The van der Waals surface area contributed by atoms with E-state index >= 15 is 0 Å². The molecule has 0 aliphatic carbocycles. The number of hydrogen-bond donors (Lipinski definition) is 2. The van der Waals surface area contributed by atoms with Gasteiger partial charge in [0.2, 0.25) is 0 Å². The molecule has 0 aromatic heterocycles. The van der Waals surface area contributed by atoms with Crippen LogP contribution < -0.4 is 10.2 Å². The minimum Gasteiger partial charge on any atom is -0.391 e. The van der Waals surface area contributed by atoms with E-state index < -0.39 is 0 Å². The van der Waals surface area contributed by atoms with Crippen molar-refractivity contribution in [1.29, 1.82) is 0 Å². The normalized spacial score (nSPS) is 19.4. The Hall–Kier alpha value is -1.13. The smallest absolute Gasteiger partial charge is 0.123 e. The summed E-state index contributed by atoms with van der Waals surface area (Å²) in [4.78, 5) is 2.14. The number of β-amino-alcohol motifs (C(OH)–C–C–N with tert-alkyl or cyclic N) is 1. The minimum atomic E-state index is -0.262. The van der Waals surface area contributed by atoms with Crippen molar-refractivity contribution in [2.24, 2.45) is 5.92 Å². The molecule has 0 radical (unpaired) electrons. The Morgan fingerprint density at radius 3 is 2.89 bits per heavy atom. The van der Waals surface area contributed by atoms with Gasteiger partial charge in [-0.05, 0) is 42.6 Å². The molecule has 1 saturated heterocycles.